The van der Waals surface area contributed by atoms with Crippen molar-refractivity contribution in [3.8, 4) is 11.3 Å². The molecule has 0 radical (unpaired) electrons. The Kier molecular flexibility index (Phi) is 7.70. The number of amides is 1. The van der Waals surface area contributed by atoms with E-state index in [1.807, 2.05) is 18.2 Å². The molecule has 1 aromatic heterocycles. The number of benzene rings is 2. The molecule has 0 unspecified atom stereocenters. The average Bonchev–Trinajstić information content (AvgIpc) is 3.27. The maximum absolute atomic E-state index is 12.4. The summed E-state index contributed by atoms with van der Waals surface area (Å²) in [4.78, 5) is 14.7. The van der Waals surface area contributed by atoms with E-state index in [2.05, 4.69) is 21.6 Å². The summed E-state index contributed by atoms with van der Waals surface area (Å²) in [5, 5.41) is 7.11. The van der Waals surface area contributed by atoms with E-state index in [1.54, 1.807) is 36.4 Å². The summed E-state index contributed by atoms with van der Waals surface area (Å²) in [6, 6.07) is 16.7. The number of thiocarbonyl (C=S) groups is 1. The molecule has 0 atom stereocenters. The van der Waals surface area contributed by atoms with Crippen molar-refractivity contribution >= 4 is 63.9 Å². The third-order valence-corrected chi connectivity index (χ3v) is 5.90. The minimum atomic E-state index is -0.355. The molecular weight excluding hydrogens is 477 g/mol. The lowest BCUT2D eigenvalue weighted by Crippen LogP contribution is -2.34. The quantitative estimate of drug-likeness (QED) is 0.299. The number of halogens is 2. The van der Waals surface area contributed by atoms with Gasteiger partial charge in [-0.15, -0.1) is 0 Å². The number of carbonyl (C=O) groups excluding carboxylic acids is 1. The van der Waals surface area contributed by atoms with Crippen molar-refractivity contribution in [2.45, 2.75) is 19.3 Å². The summed E-state index contributed by atoms with van der Waals surface area (Å²) in [5.74, 6) is 0.767. The second kappa shape index (κ2) is 10.9. The highest BCUT2D eigenvalue weighted by Gasteiger charge is 2.15. The van der Waals surface area contributed by atoms with Gasteiger partial charge in [0, 0.05) is 34.8 Å². The Hall–Kier alpha value is -2.80. The van der Waals surface area contributed by atoms with Gasteiger partial charge in [0.1, 0.15) is 11.5 Å². The normalized spacial score (nSPS) is 13.8. The van der Waals surface area contributed by atoms with Crippen LogP contribution in [0.4, 0.5) is 11.4 Å². The summed E-state index contributed by atoms with van der Waals surface area (Å²) in [6.45, 7) is 2.04. The van der Waals surface area contributed by atoms with Crippen LogP contribution >= 0.6 is 35.4 Å². The first-order chi connectivity index (χ1) is 16.0. The summed E-state index contributed by atoms with van der Waals surface area (Å²) >= 11 is 17.5. The lowest BCUT2D eigenvalue weighted by atomic mass is 10.1. The highest BCUT2D eigenvalue weighted by Crippen LogP contribution is 2.29. The third kappa shape index (κ3) is 6.38. The monoisotopic (exact) mass is 499 g/mol. The van der Waals surface area contributed by atoms with Crippen molar-refractivity contribution in [3.05, 3.63) is 76.5 Å². The maximum Gasteiger partial charge on any atom is 0.250 e. The topological polar surface area (TPSA) is 57.5 Å². The summed E-state index contributed by atoms with van der Waals surface area (Å²) in [5.41, 5.74) is 2.73. The van der Waals surface area contributed by atoms with Crippen molar-refractivity contribution in [3.63, 3.8) is 0 Å². The van der Waals surface area contributed by atoms with Gasteiger partial charge >= 0.3 is 0 Å². The van der Waals surface area contributed by atoms with Crippen LogP contribution in [0.25, 0.3) is 17.4 Å². The number of hydrogen-bond donors (Lipinski definition) is 2. The standard InChI is InChI=1S/C25H23Cl2N3O2S/c26-18-14-17(15-19(27)16-18)23-10-8-20(32-23)9-11-24(31)29-25(33)28-21-6-2-3-7-22(21)30-12-4-1-5-13-30/h2-3,6-11,14-16H,1,4-5,12-13H2,(H2,28,29,31,33)/b11-9+. The number of hydrogen-bond acceptors (Lipinski definition) is 4. The van der Waals surface area contributed by atoms with Crippen LogP contribution in [0.3, 0.4) is 0 Å². The number of anilines is 2. The van der Waals surface area contributed by atoms with Crippen LogP contribution in [0.15, 0.2) is 65.1 Å². The molecule has 2 heterocycles. The maximum atomic E-state index is 12.4. The molecule has 1 amide bonds. The van der Waals surface area contributed by atoms with Crippen LogP contribution in [0, 0.1) is 0 Å². The number of rotatable bonds is 5. The minimum absolute atomic E-state index is 0.239. The number of nitrogens with zero attached hydrogens (tertiary/aromatic N) is 1. The molecule has 4 rings (SSSR count). The molecule has 33 heavy (non-hydrogen) atoms. The molecule has 1 fully saturated rings. The molecule has 2 aromatic carbocycles. The van der Waals surface area contributed by atoms with Crippen LogP contribution in [-0.2, 0) is 4.79 Å². The largest absolute Gasteiger partial charge is 0.457 e. The van der Waals surface area contributed by atoms with Gasteiger partial charge in [-0.1, -0.05) is 35.3 Å². The first-order valence-electron chi connectivity index (χ1n) is 10.7. The number of furan rings is 1. The Labute approximate surface area is 208 Å². The number of carbonyl (C=O) groups is 1. The lowest BCUT2D eigenvalue weighted by molar-refractivity contribution is -0.115. The van der Waals surface area contributed by atoms with E-state index in [0.717, 1.165) is 30.0 Å². The van der Waals surface area contributed by atoms with Gasteiger partial charge in [-0.2, -0.15) is 0 Å². The highest BCUT2D eigenvalue weighted by molar-refractivity contribution is 7.80. The SMILES string of the molecule is O=C(/C=C/c1ccc(-c2cc(Cl)cc(Cl)c2)o1)NC(=S)Nc1ccccc1N1CCCCC1. The van der Waals surface area contributed by atoms with Crippen molar-refractivity contribution in [1.29, 1.82) is 0 Å². The predicted molar refractivity (Wildman–Crippen MR) is 140 cm³/mol. The van der Waals surface area contributed by atoms with Crippen molar-refractivity contribution in [2.24, 2.45) is 0 Å². The molecule has 3 aromatic rings. The van der Waals surface area contributed by atoms with Crippen LogP contribution in [0.1, 0.15) is 25.0 Å². The molecule has 0 spiro atoms. The van der Waals surface area contributed by atoms with Crippen molar-refractivity contribution < 1.29 is 9.21 Å². The van der Waals surface area contributed by atoms with Gasteiger partial charge in [0.05, 0.1) is 11.4 Å². The fourth-order valence-electron chi connectivity index (χ4n) is 3.75. The average molecular weight is 500 g/mol. The van der Waals surface area contributed by atoms with E-state index in [0.29, 0.717) is 21.6 Å². The summed E-state index contributed by atoms with van der Waals surface area (Å²) in [6.07, 6.45) is 6.57. The number of piperidine rings is 1. The Morgan fingerprint density at radius 3 is 2.48 bits per heavy atom. The smallest absolute Gasteiger partial charge is 0.250 e. The Bertz CT molecular complexity index is 1170. The van der Waals surface area contributed by atoms with E-state index in [1.165, 1.54) is 25.3 Å². The molecule has 5 nitrogen and oxygen atoms in total. The molecule has 8 heteroatoms. The second-order valence-corrected chi connectivity index (χ2v) is 8.98. The van der Waals surface area contributed by atoms with Crippen LogP contribution in [-0.4, -0.2) is 24.1 Å². The number of para-hydroxylation sites is 2. The zero-order valence-electron chi connectivity index (χ0n) is 17.8. The Morgan fingerprint density at radius 1 is 1.00 bits per heavy atom. The first kappa shape index (κ1) is 23.4. The van der Waals surface area contributed by atoms with Gasteiger partial charge < -0.3 is 14.6 Å². The van der Waals surface area contributed by atoms with E-state index >= 15 is 0 Å². The minimum Gasteiger partial charge on any atom is -0.457 e. The Balaban J connectivity index is 1.36. The molecule has 170 valence electrons. The van der Waals surface area contributed by atoms with Gasteiger partial charge in [0.2, 0.25) is 5.91 Å². The predicted octanol–water partition coefficient (Wildman–Crippen LogP) is 6.77. The molecule has 2 N–H and O–H groups in total. The Morgan fingerprint density at radius 2 is 1.73 bits per heavy atom. The van der Waals surface area contributed by atoms with Gasteiger partial charge in [0.15, 0.2) is 5.11 Å². The molecule has 1 saturated heterocycles. The fourth-order valence-corrected chi connectivity index (χ4v) is 4.49. The van der Waals surface area contributed by atoms with Gasteiger partial charge in [0.25, 0.3) is 0 Å². The zero-order valence-corrected chi connectivity index (χ0v) is 20.1. The van der Waals surface area contributed by atoms with Gasteiger partial charge in [-0.05, 0) is 80.0 Å². The van der Waals surface area contributed by atoms with E-state index in [9.17, 15) is 4.79 Å². The molecule has 0 bridgehead atoms. The molecule has 1 aliphatic heterocycles. The van der Waals surface area contributed by atoms with Crippen LogP contribution < -0.4 is 15.5 Å². The second-order valence-electron chi connectivity index (χ2n) is 7.70. The molecule has 0 aliphatic carbocycles. The molecular formula is C25H23Cl2N3O2S. The molecule has 1 aliphatic rings. The first-order valence-corrected chi connectivity index (χ1v) is 11.8. The van der Waals surface area contributed by atoms with Crippen LogP contribution in [0.5, 0.6) is 0 Å². The highest BCUT2D eigenvalue weighted by atomic mass is 35.5. The number of nitrogens with one attached hydrogen (secondary N) is 2. The van der Waals surface area contributed by atoms with E-state index in [4.69, 9.17) is 39.8 Å². The van der Waals surface area contributed by atoms with E-state index < -0.39 is 0 Å². The molecule has 0 saturated carbocycles. The van der Waals surface area contributed by atoms with E-state index in [-0.39, 0.29) is 11.0 Å². The third-order valence-electron chi connectivity index (χ3n) is 5.26. The zero-order chi connectivity index (χ0) is 23.2. The summed E-state index contributed by atoms with van der Waals surface area (Å²) < 4.78 is 5.78. The van der Waals surface area contributed by atoms with Gasteiger partial charge in [-0.25, -0.2) is 0 Å². The lowest BCUT2D eigenvalue weighted by Gasteiger charge is -2.30. The van der Waals surface area contributed by atoms with Gasteiger partial charge in [-0.3, -0.25) is 10.1 Å². The van der Waals surface area contributed by atoms with Crippen molar-refractivity contribution in [2.75, 3.05) is 23.3 Å². The van der Waals surface area contributed by atoms with Crippen molar-refractivity contribution in [1.82, 2.24) is 5.32 Å². The fraction of sp³-hybridized carbons (Fsp3) is 0.200. The summed E-state index contributed by atoms with van der Waals surface area (Å²) in [7, 11) is 0. The van der Waals surface area contributed by atoms with Crippen LogP contribution in [0.2, 0.25) is 10.0 Å².